The molecule has 4 heterocycles. The summed E-state index contributed by atoms with van der Waals surface area (Å²) in [5.41, 5.74) is 2.58. The van der Waals surface area contributed by atoms with Crippen LogP contribution in [0.5, 0.6) is 0 Å². The van der Waals surface area contributed by atoms with E-state index in [1.807, 2.05) is 0 Å². The molecular weight excluding hydrogens is 236 g/mol. The summed E-state index contributed by atoms with van der Waals surface area (Å²) in [4.78, 5) is 12.1. The van der Waals surface area contributed by atoms with Crippen LogP contribution in [0.3, 0.4) is 0 Å². The molecule has 1 aromatic rings. The minimum atomic E-state index is 0.592. The number of hydrogen-bond acceptors (Lipinski definition) is 4. The van der Waals surface area contributed by atoms with Gasteiger partial charge in [-0.05, 0) is 32.7 Å². The lowest BCUT2D eigenvalue weighted by molar-refractivity contribution is 0.158. The third-order valence-electron chi connectivity index (χ3n) is 5.29. The molecule has 0 radical (unpaired) electrons. The van der Waals surface area contributed by atoms with Crippen LogP contribution >= 0.6 is 0 Å². The number of piperidine rings is 1. The van der Waals surface area contributed by atoms with Crippen molar-refractivity contribution in [3.8, 4) is 0 Å². The van der Waals surface area contributed by atoms with Crippen LogP contribution in [0, 0.1) is 0 Å². The van der Waals surface area contributed by atoms with Gasteiger partial charge >= 0.3 is 0 Å². The average Bonchev–Trinajstić information content (AvgIpc) is 2.68. The standard InChI is InChI=1S/C15H22N4/c1-19-12-2-3-13(19)7-10(6-12)15-17-9-11-8-16-5-4-14(11)18-15/h9-10,12-13,16H,2-8H2,1H3. The van der Waals surface area contributed by atoms with Gasteiger partial charge in [0.15, 0.2) is 0 Å². The van der Waals surface area contributed by atoms with E-state index in [-0.39, 0.29) is 0 Å². The summed E-state index contributed by atoms with van der Waals surface area (Å²) in [7, 11) is 2.29. The van der Waals surface area contributed by atoms with Crippen LogP contribution in [0.4, 0.5) is 0 Å². The highest BCUT2D eigenvalue weighted by molar-refractivity contribution is 5.21. The predicted molar refractivity (Wildman–Crippen MR) is 74.0 cm³/mol. The van der Waals surface area contributed by atoms with E-state index in [0.29, 0.717) is 5.92 Å². The molecular formula is C15H22N4. The van der Waals surface area contributed by atoms with E-state index in [1.54, 1.807) is 0 Å². The Kier molecular flexibility index (Phi) is 2.81. The Morgan fingerprint density at radius 3 is 2.84 bits per heavy atom. The largest absolute Gasteiger partial charge is 0.312 e. The van der Waals surface area contributed by atoms with E-state index in [0.717, 1.165) is 37.4 Å². The second-order valence-electron chi connectivity index (χ2n) is 6.35. The van der Waals surface area contributed by atoms with Crippen molar-refractivity contribution in [2.75, 3.05) is 13.6 Å². The van der Waals surface area contributed by atoms with Gasteiger partial charge < -0.3 is 10.2 Å². The number of hydrogen-bond donors (Lipinski definition) is 1. The summed E-state index contributed by atoms with van der Waals surface area (Å²) < 4.78 is 0. The van der Waals surface area contributed by atoms with Gasteiger partial charge in [-0.25, -0.2) is 9.97 Å². The first-order chi connectivity index (χ1) is 9.31. The smallest absolute Gasteiger partial charge is 0.131 e. The summed E-state index contributed by atoms with van der Waals surface area (Å²) in [6, 6.07) is 1.54. The second-order valence-corrected chi connectivity index (χ2v) is 6.35. The van der Waals surface area contributed by atoms with Crippen LogP contribution in [0.2, 0.25) is 0 Å². The number of aromatic nitrogens is 2. The second kappa shape index (κ2) is 4.53. The van der Waals surface area contributed by atoms with Crippen molar-refractivity contribution in [1.29, 1.82) is 0 Å². The SMILES string of the molecule is CN1C2CCC1CC(c1ncc3c(n1)CCNC3)C2. The maximum absolute atomic E-state index is 4.89. The molecule has 3 aliphatic rings. The third kappa shape index (κ3) is 1.98. The van der Waals surface area contributed by atoms with Crippen molar-refractivity contribution >= 4 is 0 Å². The molecule has 4 heteroatoms. The molecule has 2 atom stereocenters. The summed E-state index contributed by atoms with van der Waals surface area (Å²) in [5, 5.41) is 3.38. The first-order valence-corrected chi connectivity index (χ1v) is 7.58. The third-order valence-corrected chi connectivity index (χ3v) is 5.29. The lowest BCUT2D eigenvalue weighted by Crippen LogP contribution is -2.39. The Morgan fingerprint density at radius 1 is 1.26 bits per heavy atom. The fourth-order valence-electron chi connectivity index (χ4n) is 4.07. The molecule has 0 saturated carbocycles. The van der Waals surface area contributed by atoms with Gasteiger partial charge in [0, 0.05) is 55.0 Å². The van der Waals surface area contributed by atoms with Crippen molar-refractivity contribution < 1.29 is 0 Å². The Morgan fingerprint density at radius 2 is 2.05 bits per heavy atom. The molecule has 2 saturated heterocycles. The van der Waals surface area contributed by atoms with Crippen molar-refractivity contribution in [1.82, 2.24) is 20.2 Å². The molecule has 0 aromatic carbocycles. The Hall–Kier alpha value is -1.00. The first-order valence-electron chi connectivity index (χ1n) is 7.58. The zero-order valence-corrected chi connectivity index (χ0v) is 11.6. The summed E-state index contributed by atoms with van der Waals surface area (Å²) in [6.45, 7) is 2.00. The maximum Gasteiger partial charge on any atom is 0.131 e. The minimum absolute atomic E-state index is 0.592. The van der Waals surface area contributed by atoms with Gasteiger partial charge in [-0.15, -0.1) is 0 Å². The normalized spacial score (nSPS) is 34.3. The molecule has 2 unspecified atom stereocenters. The van der Waals surface area contributed by atoms with Gasteiger partial charge in [-0.1, -0.05) is 0 Å². The first kappa shape index (κ1) is 11.8. The van der Waals surface area contributed by atoms with E-state index in [2.05, 4.69) is 28.4 Å². The zero-order valence-electron chi connectivity index (χ0n) is 11.6. The Bertz CT molecular complexity index is 473. The van der Waals surface area contributed by atoms with Gasteiger partial charge in [0.2, 0.25) is 0 Å². The highest BCUT2D eigenvalue weighted by Crippen LogP contribution is 2.41. The lowest BCUT2D eigenvalue weighted by Gasteiger charge is -2.35. The molecule has 1 N–H and O–H groups in total. The van der Waals surface area contributed by atoms with Crippen LogP contribution < -0.4 is 5.32 Å². The van der Waals surface area contributed by atoms with Crippen molar-refractivity contribution in [2.24, 2.45) is 0 Å². The fourth-order valence-corrected chi connectivity index (χ4v) is 4.07. The van der Waals surface area contributed by atoms with E-state index >= 15 is 0 Å². The molecule has 0 aliphatic carbocycles. The van der Waals surface area contributed by atoms with Gasteiger partial charge in [-0.3, -0.25) is 0 Å². The molecule has 102 valence electrons. The zero-order chi connectivity index (χ0) is 12.8. The fraction of sp³-hybridized carbons (Fsp3) is 0.733. The summed E-state index contributed by atoms with van der Waals surface area (Å²) >= 11 is 0. The molecule has 2 bridgehead atoms. The van der Waals surface area contributed by atoms with Crippen LogP contribution in [0.1, 0.15) is 48.7 Å². The number of nitrogens with zero attached hydrogens (tertiary/aromatic N) is 3. The highest BCUT2D eigenvalue weighted by atomic mass is 15.2. The molecule has 4 rings (SSSR count). The van der Waals surface area contributed by atoms with Crippen molar-refractivity contribution in [2.45, 2.75) is 56.7 Å². The number of rotatable bonds is 1. The number of nitrogens with one attached hydrogen (secondary N) is 1. The van der Waals surface area contributed by atoms with Crippen LogP contribution in [-0.2, 0) is 13.0 Å². The van der Waals surface area contributed by atoms with Crippen LogP contribution in [0.15, 0.2) is 6.20 Å². The summed E-state index contributed by atoms with van der Waals surface area (Å²) in [6.07, 6.45) is 8.36. The summed E-state index contributed by atoms with van der Waals surface area (Å²) in [5.74, 6) is 1.71. The van der Waals surface area contributed by atoms with Gasteiger partial charge in [0.05, 0.1) is 0 Å². The molecule has 4 nitrogen and oxygen atoms in total. The highest BCUT2D eigenvalue weighted by Gasteiger charge is 2.39. The van der Waals surface area contributed by atoms with Crippen LogP contribution in [0.25, 0.3) is 0 Å². The van der Waals surface area contributed by atoms with Gasteiger partial charge in [0.25, 0.3) is 0 Å². The lowest BCUT2D eigenvalue weighted by atomic mass is 9.90. The monoisotopic (exact) mass is 258 g/mol. The quantitative estimate of drug-likeness (QED) is 0.828. The molecule has 0 amide bonds. The average molecular weight is 258 g/mol. The van der Waals surface area contributed by atoms with Crippen LogP contribution in [-0.4, -0.2) is 40.5 Å². The van der Waals surface area contributed by atoms with E-state index < -0.39 is 0 Å². The van der Waals surface area contributed by atoms with Gasteiger partial charge in [-0.2, -0.15) is 0 Å². The topological polar surface area (TPSA) is 41.1 Å². The van der Waals surface area contributed by atoms with E-state index in [4.69, 9.17) is 4.98 Å². The Balaban J connectivity index is 1.59. The minimum Gasteiger partial charge on any atom is -0.312 e. The van der Waals surface area contributed by atoms with Crippen molar-refractivity contribution in [3.05, 3.63) is 23.3 Å². The molecule has 3 aliphatic heterocycles. The van der Waals surface area contributed by atoms with Crippen molar-refractivity contribution in [3.63, 3.8) is 0 Å². The number of fused-ring (bicyclic) bond motifs is 3. The van der Waals surface area contributed by atoms with Gasteiger partial charge in [0.1, 0.15) is 5.82 Å². The predicted octanol–water partition coefficient (Wildman–Crippen LogP) is 1.46. The molecule has 2 fully saturated rings. The van der Waals surface area contributed by atoms with E-state index in [9.17, 15) is 0 Å². The molecule has 1 aromatic heterocycles. The maximum atomic E-state index is 4.89. The Labute approximate surface area is 114 Å². The van der Waals surface area contributed by atoms with E-state index in [1.165, 1.54) is 36.9 Å². The molecule has 19 heavy (non-hydrogen) atoms. The molecule has 0 spiro atoms.